The van der Waals surface area contributed by atoms with Crippen molar-refractivity contribution < 1.29 is 0 Å². The van der Waals surface area contributed by atoms with Crippen LogP contribution in [0.1, 0.15) is 22.1 Å². The van der Waals surface area contributed by atoms with Gasteiger partial charge < -0.3 is 0 Å². The molecular formula is C14H10BrCl3. The first-order chi connectivity index (χ1) is 8.50. The Morgan fingerprint density at radius 3 is 2.44 bits per heavy atom. The molecule has 1 unspecified atom stereocenters. The summed E-state index contributed by atoms with van der Waals surface area (Å²) in [6, 6.07) is 11.4. The summed E-state index contributed by atoms with van der Waals surface area (Å²) in [5.74, 6) is 0. The lowest BCUT2D eigenvalue weighted by molar-refractivity contribution is 1.12. The zero-order valence-corrected chi connectivity index (χ0v) is 13.4. The molecule has 0 bridgehead atoms. The molecule has 0 aromatic heterocycles. The van der Waals surface area contributed by atoms with E-state index in [1.165, 1.54) is 0 Å². The van der Waals surface area contributed by atoms with E-state index in [4.69, 9.17) is 34.8 Å². The van der Waals surface area contributed by atoms with Crippen LogP contribution in [0.15, 0.2) is 40.9 Å². The molecular weight excluding hydrogens is 354 g/mol. The first-order valence-electron chi connectivity index (χ1n) is 5.34. The SMILES string of the molecule is Cc1cccc(C(Cl)c2ccc(Cl)cc2Cl)c1Br. The zero-order chi connectivity index (χ0) is 13.3. The molecule has 0 aliphatic carbocycles. The van der Waals surface area contributed by atoms with Crippen LogP contribution in [0.4, 0.5) is 0 Å². The Bertz CT molecular complexity index is 581. The summed E-state index contributed by atoms with van der Waals surface area (Å²) < 4.78 is 1.01. The maximum absolute atomic E-state index is 6.51. The first-order valence-corrected chi connectivity index (χ1v) is 7.33. The highest BCUT2D eigenvalue weighted by Gasteiger charge is 2.17. The minimum atomic E-state index is -0.302. The van der Waals surface area contributed by atoms with E-state index in [0.29, 0.717) is 10.0 Å². The molecule has 0 nitrogen and oxygen atoms in total. The maximum atomic E-state index is 6.51. The molecule has 4 heteroatoms. The van der Waals surface area contributed by atoms with E-state index >= 15 is 0 Å². The molecule has 0 saturated carbocycles. The van der Waals surface area contributed by atoms with Gasteiger partial charge in [-0.05, 0) is 35.7 Å². The standard InChI is InChI=1S/C14H10BrCl3/c1-8-3-2-4-11(13(8)15)14(18)10-6-5-9(16)7-12(10)17/h2-7,14H,1H3. The van der Waals surface area contributed by atoms with Gasteiger partial charge in [-0.1, -0.05) is 63.4 Å². The highest BCUT2D eigenvalue weighted by Crippen LogP contribution is 2.38. The maximum Gasteiger partial charge on any atom is 0.0860 e. The van der Waals surface area contributed by atoms with Gasteiger partial charge in [-0.2, -0.15) is 0 Å². The lowest BCUT2D eigenvalue weighted by Crippen LogP contribution is -1.96. The Morgan fingerprint density at radius 1 is 1.06 bits per heavy atom. The lowest BCUT2D eigenvalue weighted by atomic mass is 10.0. The molecule has 0 fully saturated rings. The molecule has 0 amide bonds. The number of halogens is 4. The quantitative estimate of drug-likeness (QED) is 0.541. The van der Waals surface area contributed by atoms with Crippen molar-refractivity contribution in [2.75, 3.05) is 0 Å². The summed E-state index contributed by atoms with van der Waals surface area (Å²) in [7, 11) is 0. The first kappa shape index (κ1) is 14.2. The lowest BCUT2D eigenvalue weighted by Gasteiger charge is -2.15. The van der Waals surface area contributed by atoms with Crippen LogP contribution >= 0.6 is 50.7 Å². The molecule has 1 atom stereocenters. The molecule has 94 valence electrons. The summed E-state index contributed by atoms with van der Waals surface area (Å²) in [5, 5.41) is 0.885. The molecule has 18 heavy (non-hydrogen) atoms. The van der Waals surface area contributed by atoms with Gasteiger partial charge in [0, 0.05) is 14.5 Å². The summed E-state index contributed by atoms with van der Waals surface area (Å²) >= 11 is 22.1. The second kappa shape index (κ2) is 5.83. The van der Waals surface area contributed by atoms with Crippen molar-refractivity contribution >= 4 is 50.7 Å². The van der Waals surface area contributed by atoms with Crippen LogP contribution in [-0.4, -0.2) is 0 Å². The Balaban J connectivity index is 2.48. The topological polar surface area (TPSA) is 0 Å². The predicted octanol–water partition coefficient (Wildman–Crippen LogP) is 6.39. The summed E-state index contributed by atoms with van der Waals surface area (Å²) in [6.45, 7) is 2.03. The van der Waals surface area contributed by atoms with E-state index in [1.54, 1.807) is 12.1 Å². The summed E-state index contributed by atoms with van der Waals surface area (Å²) in [4.78, 5) is 0. The van der Waals surface area contributed by atoms with Gasteiger partial charge in [-0.3, -0.25) is 0 Å². The van der Waals surface area contributed by atoms with Crippen molar-refractivity contribution in [1.29, 1.82) is 0 Å². The molecule has 0 saturated heterocycles. The molecule has 2 rings (SSSR count). The van der Waals surface area contributed by atoms with Crippen LogP contribution in [0.3, 0.4) is 0 Å². The number of benzene rings is 2. The predicted molar refractivity (Wildman–Crippen MR) is 83.0 cm³/mol. The van der Waals surface area contributed by atoms with Gasteiger partial charge >= 0.3 is 0 Å². The number of hydrogen-bond donors (Lipinski definition) is 0. The fourth-order valence-electron chi connectivity index (χ4n) is 1.74. The van der Waals surface area contributed by atoms with Crippen molar-refractivity contribution in [3.8, 4) is 0 Å². The third kappa shape index (κ3) is 2.85. The Labute approximate surface area is 130 Å². The van der Waals surface area contributed by atoms with Crippen molar-refractivity contribution in [1.82, 2.24) is 0 Å². The number of rotatable bonds is 2. The molecule has 2 aromatic carbocycles. The molecule has 0 aliphatic heterocycles. The smallest absolute Gasteiger partial charge is 0.0860 e. The van der Waals surface area contributed by atoms with E-state index < -0.39 is 0 Å². The van der Waals surface area contributed by atoms with Gasteiger partial charge in [-0.15, -0.1) is 11.6 Å². The van der Waals surface area contributed by atoms with E-state index in [1.807, 2.05) is 31.2 Å². The molecule has 0 N–H and O–H groups in total. The summed E-state index contributed by atoms with van der Waals surface area (Å²) in [6.07, 6.45) is 0. The van der Waals surface area contributed by atoms with Crippen LogP contribution in [0.5, 0.6) is 0 Å². The average molecular weight is 364 g/mol. The monoisotopic (exact) mass is 362 g/mol. The van der Waals surface area contributed by atoms with Crippen LogP contribution < -0.4 is 0 Å². The van der Waals surface area contributed by atoms with E-state index in [9.17, 15) is 0 Å². The van der Waals surface area contributed by atoms with Crippen molar-refractivity contribution in [3.05, 3.63) is 67.6 Å². The van der Waals surface area contributed by atoms with Gasteiger partial charge in [0.15, 0.2) is 0 Å². The molecule has 2 aromatic rings. The molecule has 0 spiro atoms. The van der Waals surface area contributed by atoms with Crippen LogP contribution in [0.2, 0.25) is 10.0 Å². The summed E-state index contributed by atoms with van der Waals surface area (Å²) in [5.41, 5.74) is 3.00. The van der Waals surface area contributed by atoms with Gasteiger partial charge in [0.05, 0.1) is 5.38 Å². The minimum Gasteiger partial charge on any atom is -0.112 e. The van der Waals surface area contributed by atoms with Crippen LogP contribution in [-0.2, 0) is 0 Å². The Kier molecular flexibility index (Phi) is 4.60. The van der Waals surface area contributed by atoms with Crippen LogP contribution in [0, 0.1) is 6.92 Å². The second-order valence-corrected chi connectivity index (χ2v) is 6.08. The van der Waals surface area contributed by atoms with Crippen molar-refractivity contribution in [2.45, 2.75) is 12.3 Å². The highest BCUT2D eigenvalue weighted by molar-refractivity contribution is 9.10. The fraction of sp³-hybridized carbons (Fsp3) is 0.143. The Hall–Kier alpha value is -0.210. The Morgan fingerprint density at radius 2 is 1.78 bits per heavy atom. The fourth-order valence-corrected chi connectivity index (χ4v) is 3.31. The molecule has 0 heterocycles. The minimum absolute atomic E-state index is 0.302. The number of hydrogen-bond acceptors (Lipinski definition) is 0. The molecule has 0 radical (unpaired) electrons. The van der Waals surface area contributed by atoms with E-state index in [-0.39, 0.29) is 5.38 Å². The molecule has 0 aliphatic rings. The van der Waals surface area contributed by atoms with Crippen LogP contribution in [0.25, 0.3) is 0 Å². The zero-order valence-electron chi connectivity index (χ0n) is 9.55. The number of alkyl halides is 1. The normalized spacial score (nSPS) is 12.5. The van der Waals surface area contributed by atoms with Crippen molar-refractivity contribution in [3.63, 3.8) is 0 Å². The van der Waals surface area contributed by atoms with Crippen molar-refractivity contribution in [2.24, 2.45) is 0 Å². The van der Waals surface area contributed by atoms with E-state index in [0.717, 1.165) is 21.2 Å². The number of aryl methyl sites for hydroxylation is 1. The van der Waals surface area contributed by atoms with Gasteiger partial charge in [0.1, 0.15) is 0 Å². The third-order valence-electron chi connectivity index (χ3n) is 2.73. The van der Waals surface area contributed by atoms with E-state index in [2.05, 4.69) is 15.9 Å². The average Bonchev–Trinajstić information content (AvgIpc) is 2.32. The second-order valence-electron chi connectivity index (χ2n) is 4.01. The largest absolute Gasteiger partial charge is 0.112 e. The van der Waals surface area contributed by atoms with Gasteiger partial charge in [-0.25, -0.2) is 0 Å². The highest BCUT2D eigenvalue weighted by atomic mass is 79.9. The third-order valence-corrected chi connectivity index (χ3v) is 4.85. The van der Waals surface area contributed by atoms with Gasteiger partial charge in [0.25, 0.3) is 0 Å². The van der Waals surface area contributed by atoms with Gasteiger partial charge in [0.2, 0.25) is 0 Å².